The van der Waals surface area contributed by atoms with Crippen molar-refractivity contribution in [3.8, 4) is 5.75 Å². The number of nitrogens with two attached hydrogens (primary N) is 1. The van der Waals surface area contributed by atoms with Crippen molar-refractivity contribution in [2.75, 3.05) is 5.73 Å². The summed E-state index contributed by atoms with van der Waals surface area (Å²) in [5.41, 5.74) is 10.2. The Kier molecular flexibility index (Phi) is 5.24. The van der Waals surface area contributed by atoms with E-state index in [1.54, 1.807) is 43.3 Å². The highest BCUT2D eigenvalue weighted by atomic mass is 19.3. The van der Waals surface area contributed by atoms with Gasteiger partial charge in [-0.15, -0.1) is 0 Å². The first-order valence-electron chi connectivity index (χ1n) is 6.71. The summed E-state index contributed by atoms with van der Waals surface area (Å²) in [6, 6.07) is 12.4. The van der Waals surface area contributed by atoms with Gasteiger partial charge in [0, 0.05) is 11.3 Å². The van der Waals surface area contributed by atoms with Crippen LogP contribution in [0.1, 0.15) is 22.8 Å². The second-order valence-electron chi connectivity index (χ2n) is 4.66. The summed E-state index contributed by atoms with van der Waals surface area (Å²) in [4.78, 5) is 11.9. The number of carbonyl (C=O) groups is 1. The minimum atomic E-state index is -2.87. The molecule has 3 N–H and O–H groups in total. The first kappa shape index (κ1) is 16.4. The van der Waals surface area contributed by atoms with Gasteiger partial charge >= 0.3 is 6.61 Å². The molecule has 5 nitrogen and oxygen atoms in total. The van der Waals surface area contributed by atoms with Gasteiger partial charge in [0.25, 0.3) is 5.91 Å². The van der Waals surface area contributed by atoms with Gasteiger partial charge in [0.05, 0.1) is 5.71 Å². The number of amides is 1. The lowest BCUT2D eigenvalue weighted by atomic mass is 10.1. The van der Waals surface area contributed by atoms with E-state index in [4.69, 9.17) is 5.73 Å². The molecule has 0 fully saturated rings. The van der Waals surface area contributed by atoms with Crippen molar-refractivity contribution in [2.45, 2.75) is 13.5 Å². The van der Waals surface area contributed by atoms with E-state index in [9.17, 15) is 13.6 Å². The molecule has 0 saturated heterocycles. The van der Waals surface area contributed by atoms with Gasteiger partial charge in [0.1, 0.15) is 5.75 Å². The summed E-state index contributed by atoms with van der Waals surface area (Å²) in [5.74, 6) is -0.315. The largest absolute Gasteiger partial charge is 0.435 e. The smallest absolute Gasteiger partial charge is 0.387 e. The van der Waals surface area contributed by atoms with E-state index in [1.807, 2.05) is 0 Å². The Morgan fingerprint density at radius 2 is 1.65 bits per heavy atom. The van der Waals surface area contributed by atoms with Crippen molar-refractivity contribution in [1.29, 1.82) is 0 Å². The molecule has 23 heavy (non-hydrogen) atoms. The van der Waals surface area contributed by atoms with Crippen LogP contribution in [0.15, 0.2) is 53.6 Å². The molecule has 0 aliphatic carbocycles. The Morgan fingerprint density at radius 3 is 2.22 bits per heavy atom. The highest BCUT2D eigenvalue weighted by Gasteiger charge is 2.06. The summed E-state index contributed by atoms with van der Waals surface area (Å²) in [5, 5.41) is 3.98. The summed E-state index contributed by atoms with van der Waals surface area (Å²) in [6.07, 6.45) is 0. The molecule has 0 aliphatic heterocycles. The lowest BCUT2D eigenvalue weighted by Gasteiger charge is -2.06. The van der Waals surface area contributed by atoms with Crippen LogP contribution in [0.3, 0.4) is 0 Å². The first-order valence-corrected chi connectivity index (χ1v) is 6.71. The molecular weight excluding hydrogens is 304 g/mol. The van der Waals surface area contributed by atoms with Crippen LogP contribution in [0.5, 0.6) is 5.75 Å². The van der Waals surface area contributed by atoms with Crippen LogP contribution < -0.4 is 15.9 Å². The van der Waals surface area contributed by atoms with Crippen LogP contribution >= 0.6 is 0 Å². The van der Waals surface area contributed by atoms with E-state index >= 15 is 0 Å². The Hall–Kier alpha value is -2.96. The maximum absolute atomic E-state index is 12.1. The van der Waals surface area contributed by atoms with E-state index in [-0.39, 0.29) is 11.7 Å². The third kappa shape index (κ3) is 4.77. The number of nitrogens with one attached hydrogen (secondary N) is 1. The van der Waals surface area contributed by atoms with Gasteiger partial charge in [-0.2, -0.15) is 13.9 Å². The van der Waals surface area contributed by atoms with Crippen LogP contribution in [0, 0.1) is 0 Å². The van der Waals surface area contributed by atoms with Crippen molar-refractivity contribution in [3.63, 3.8) is 0 Å². The number of rotatable bonds is 5. The molecule has 1 amide bonds. The average molecular weight is 319 g/mol. The van der Waals surface area contributed by atoms with E-state index in [1.165, 1.54) is 12.1 Å². The Labute approximate surface area is 131 Å². The quantitative estimate of drug-likeness (QED) is 0.505. The number of nitrogens with zero attached hydrogens (tertiary/aromatic N) is 1. The molecule has 2 aromatic carbocycles. The van der Waals surface area contributed by atoms with Crippen molar-refractivity contribution in [3.05, 3.63) is 59.7 Å². The molecule has 0 bridgehead atoms. The molecule has 120 valence electrons. The lowest BCUT2D eigenvalue weighted by Crippen LogP contribution is -2.19. The number of anilines is 1. The van der Waals surface area contributed by atoms with Crippen molar-refractivity contribution < 1.29 is 18.3 Å². The average Bonchev–Trinajstić information content (AvgIpc) is 2.53. The van der Waals surface area contributed by atoms with Gasteiger partial charge in [-0.1, -0.05) is 0 Å². The monoisotopic (exact) mass is 319 g/mol. The Morgan fingerprint density at radius 1 is 1.09 bits per heavy atom. The SMILES string of the molecule is CC(=NNC(=O)c1ccc(N)cc1)c1ccc(OC(F)F)cc1. The predicted octanol–water partition coefficient (Wildman–Crippen LogP) is 3.02. The van der Waals surface area contributed by atoms with Crippen molar-refractivity contribution in [1.82, 2.24) is 5.43 Å². The standard InChI is InChI=1S/C16H15F2N3O2/c1-10(11-4-8-14(9-5-11)23-16(17)18)20-21-15(22)12-2-6-13(19)7-3-12/h2-9,16H,19H2,1H3,(H,21,22). The second kappa shape index (κ2) is 7.35. The number of hydrogen-bond donors (Lipinski definition) is 2. The lowest BCUT2D eigenvalue weighted by molar-refractivity contribution is -0.0498. The zero-order valence-corrected chi connectivity index (χ0v) is 12.3. The van der Waals surface area contributed by atoms with Gasteiger partial charge < -0.3 is 10.5 Å². The molecule has 0 unspecified atom stereocenters. The molecule has 0 aliphatic rings. The van der Waals surface area contributed by atoms with Gasteiger partial charge in [0.2, 0.25) is 0 Å². The van der Waals surface area contributed by atoms with E-state index < -0.39 is 6.61 Å². The summed E-state index contributed by atoms with van der Waals surface area (Å²) in [7, 11) is 0. The Bertz CT molecular complexity index is 698. The van der Waals surface area contributed by atoms with Gasteiger partial charge in [0.15, 0.2) is 0 Å². The number of hydrogen-bond acceptors (Lipinski definition) is 4. The third-order valence-electron chi connectivity index (χ3n) is 3.00. The maximum Gasteiger partial charge on any atom is 0.387 e. The highest BCUT2D eigenvalue weighted by molar-refractivity contribution is 6.01. The van der Waals surface area contributed by atoms with Crippen LogP contribution in [-0.2, 0) is 0 Å². The summed E-state index contributed by atoms with van der Waals surface area (Å²) in [6.45, 7) is -1.18. The summed E-state index contributed by atoms with van der Waals surface area (Å²) < 4.78 is 28.4. The van der Waals surface area contributed by atoms with Crippen LogP contribution in [0.25, 0.3) is 0 Å². The van der Waals surface area contributed by atoms with Crippen molar-refractivity contribution >= 4 is 17.3 Å². The molecule has 0 radical (unpaired) electrons. The zero-order chi connectivity index (χ0) is 16.8. The van der Waals surface area contributed by atoms with Crippen LogP contribution in [-0.4, -0.2) is 18.2 Å². The van der Waals surface area contributed by atoms with Crippen LogP contribution in [0.4, 0.5) is 14.5 Å². The molecule has 2 aromatic rings. The van der Waals surface area contributed by atoms with Gasteiger partial charge in [-0.25, -0.2) is 5.43 Å². The minimum absolute atomic E-state index is 0.0578. The number of nitrogen functional groups attached to an aromatic ring is 1. The molecule has 0 saturated carbocycles. The first-order chi connectivity index (χ1) is 11.0. The number of ether oxygens (including phenoxy) is 1. The fraction of sp³-hybridized carbons (Fsp3) is 0.125. The van der Waals surface area contributed by atoms with E-state index in [0.29, 0.717) is 22.5 Å². The zero-order valence-electron chi connectivity index (χ0n) is 12.3. The molecule has 0 atom stereocenters. The van der Waals surface area contributed by atoms with E-state index in [0.717, 1.165) is 0 Å². The number of hydrazone groups is 1. The van der Waals surface area contributed by atoms with Crippen LogP contribution in [0.2, 0.25) is 0 Å². The molecule has 7 heteroatoms. The Balaban J connectivity index is 2.01. The highest BCUT2D eigenvalue weighted by Crippen LogP contribution is 2.15. The maximum atomic E-state index is 12.1. The summed E-state index contributed by atoms with van der Waals surface area (Å²) >= 11 is 0. The number of carbonyl (C=O) groups excluding carboxylic acids is 1. The fourth-order valence-corrected chi connectivity index (χ4v) is 1.78. The topological polar surface area (TPSA) is 76.7 Å². The molecule has 2 rings (SSSR count). The second-order valence-corrected chi connectivity index (χ2v) is 4.66. The fourth-order valence-electron chi connectivity index (χ4n) is 1.78. The van der Waals surface area contributed by atoms with E-state index in [2.05, 4.69) is 15.3 Å². The molecule has 0 spiro atoms. The molecule has 0 heterocycles. The number of alkyl halides is 2. The molecule has 0 aromatic heterocycles. The minimum Gasteiger partial charge on any atom is -0.435 e. The predicted molar refractivity (Wildman–Crippen MR) is 83.6 cm³/mol. The number of benzene rings is 2. The van der Waals surface area contributed by atoms with Gasteiger partial charge in [-0.05, 0) is 61.0 Å². The number of halogens is 2. The van der Waals surface area contributed by atoms with Crippen molar-refractivity contribution in [2.24, 2.45) is 5.10 Å². The third-order valence-corrected chi connectivity index (χ3v) is 3.00. The normalized spacial score (nSPS) is 11.4. The molecular formula is C16H15F2N3O2. The van der Waals surface area contributed by atoms with Gasteiger partial charge in [-0.3, -0.25) is 4.79 Å².